The molecule has 1 aromatic carbocycles. The van der Waals surface area contributed by atoms with Crippen LogP contribution in [0.2, 0.25) is 0 Å². The molecular weight excluding hydrogens is 271 g/mol. The average Bonchev–Trinajstić information content (AvgIpc) is 2.35. The molecule has 0 spiro atoms. The highest BCUT2D eigenvalue weighted by Crippen LogP contribution is 2.14. The Labute approximate surface area is 111 Å². The Morgan fingerprint density at radius 1 is 1.26 bits per heavy atom. The average molecular weight is 286 g/mol. The van der Waals surface area contributed by atoms with Crippen LogP contribution in [0.15, 0.2) is 24.3 Å². The summed E-state index contributed by atoms with van der Waals surface area (Å²) in [6.07, 6.45) is 1.40. The van der Waals surface area contributed by atoms with Gasteiger partial charge in [0.1, 0.15) is 5.82 Å². The van der Waals surface area contributed by atoms with Gasteiger partial charge in [-0.3, -0.25) is 4.79 Å². The van der Waals surface area contributed by atoms with Crippen LogP contribution in [-0.4, -0.2) is 37.5 Å². The summed E-state index contributed by atoms with van der Waals surface area (Å²) in [6, 6.07) is 5.32. The van der Waals surface area contributed by atoms with Crippen LogP contribution in [0.25, 0.3) is 0 Å². The van der Waals surface area contributed by atoms with Crippen LogP contribution in [-0.2, 0) is 14.8 Å². The van der Waals surface area contributed by atoms with Gasteiger partial charge in [0, 0.05) is 12.2 Å². The third kappa shape index (κ3) is 3.74. The first kappa shape index (κ1) is 14.0. The van der Waals surface area contributed by atoms with E-state index in [9.17, 15) is 17.6 Å². The minimum atomic E-state index is -3.31. The third-order valence-corrected chi connectivity index (χ3v) is 4.80. The van der Waals surface area contributed by atoms with Crippen molar-refractivity contribution in [3.8, 4) is 0 Å². The number of benzene rings is 1. The fourth-order valence-corrected chi connectivity index (χ4v) is 3.46. The van der Waals surface area contributed by atoms with E-state index in [-0.39, 0.29) is 12.3 Å². The summed E-state index contributed by atoms with van der Waals surface area (Å²) in [7, 11) is -3.31. The smallest absolute Gasteiger partial charge is 0.239 e. The highest BCUT2D eigenvalue weighted by atomic mass is 32.2. The topological polar surface area (TPSA) is 66.5 Å². The van der Waals surface area contributed by atoms with Crippen molar-refractivity contribution >= 4 is 21.6 Å². The Morgan fingerprint density at radius 2 is 1.95 bits per heavy atom. The Morgan fingerprint density at radius 3 is 2.58 bits per heavy atom. The van der Waals surface area contributed by atoms with Crippen molar-refractivity contribution in [2.75, 3.05) is 24.2 Å². The Balaban J connectivity index is 1.96. The molecule has 1 aliphatic heterocycles. The highest BCUT2D eigenvalue weighted by molar-refractivity contribution is 7.89. The first-order valence-corrected chi connectivity index (χ1v) is 7.61. The zero-order chi connectivity index (χ0) is 13.9. The van der Waals surface area contributed by atoms with E-state index in [1.807, 2.05) is 0 Å². The summed E-state index contributed by atoms with van der Waals surface area (Å²) in [5.41, 5.74) is 0.445. The largest absolute Gasteiger partial charge is 0.325 e. The molecule has 19 heavy (non-hydrogen) atoms. The number of sulfonamides is 1. The number of carbonyl (C=O) groups excluding carboxylic acids is 1. The fourth-order valence-electron chi connectivity index (χ4n) is 1.91. The summed E-state index contributed by atoms with van der Waals surface area (Å²) in [5.74, 6) is -0.717. The van der Waals surface area contributed by atoms with Crippen molar-refractivity contribution in [2.24, 2.45) is 0 Å². The Hall–Kier alpha value is -1.47. The summed E-state index contributed by atoms with van der Waals surface area (Å²) in [6.45, 7) is 0.179. The molecule has 0 atom stereocenters. The maximum absolute atomic E-state index is 12.7. The monoisotopic (exact) mass is 286 g/mol. The van der Waals surface area contributed by atoms with E-state index >= 15 is 0 Å². The second-order valence-corrected chi connectivity index (χ2v) is 6.50. The molecule has 0 unspecified atom stereocenters. The molecule has 1 aliphatic rings. The van der Waals surface area contributed by atoms with Crippen LogP contribution in [0.3, 0.4) is 0 Å². The maximum Gasteiger partial charge on any atom is 0.239 e. The summed E-state index contributed by atoms with van der Waals surface area (Å²) in [5, 5.41) is 2.54. The molecule has 104 valence electrons. The van der Waals surface area contributed by atoms with Crippen molar-refractivity contribution in [3.05, 3.63) is 30.1 Å². The number of nitrogens with zero attached hydrogens (tertiary/aromatic N) is 1. The molecule has 1 aromatic rings. The molecule has 1 fully saturated rings. The lowest BCUT2D eigenvalue weighted by molar-refractivity contribution is -0.116. The van der Waals surface area contributed by atoms with Gasteiger partial charge in [-0.1, -0.05) is 0 Å². The number of hydrogen-bond donors (Lipinski definition) is 1. The zero-order valence-electron chi connectivity index (χ0n) is 10.3. The first-order valence-electron chi connectivity index (χ1n) is 6.01. The molecule has 0 radical (unpaired) electrons. The van der Waals surface area contributed by atoms with E-state index in [4.69, 9.17) is 0 Å². The lowest BCUT2D eigenvalue weighted by atomic mass is 10.3. The van der Waals surface area contributed by atoms with Gasteiger partial charge in [-0.2, -0.15) is 4.31 Å². The van der Waals surface area contributed by atoms with Crippen LogP contribution < -0.4 is 5.32 Å². The van der Waals surface area contributed by atoms with Crippen molar-refractivity contribution < 1.29 is 17.6 Å². The van der Waals surface area contributed by atoms with E-state index in [0.29, 0.717) is 18.7 Å². The van der Waals surface area contributed by atoms with Gasteiger partial charge in [0.2, 0.25) is 15.9 Å². The van der Waals surface area contributed by atoms with E-state index in [2.05, 4.69) is 5.32 Å². The van der Waals surface area contributed by atoms with Crippen molar-refractivity contribution in [1.82, 2.24) is 4.31 Å². The quantitative estimate of drug-likeness (QED) is 0.907. The van der Waals surface area contributed by atoms with E-state index < -0.39 is 21.7 Å². The minimum Gasteiger partial charge on any atom is -0.325 e. The number of rotatable bonds is 3. The predicted molar refractivity (Wildman–Crippen MR) is 69.6 cm³/mol. The van der Waals surface area contributed by atoms with Gasteiger partial charge >= 0.3 is 0 Å². The van der Waals surface area contributed by atoms with E-state index in [1.165, 1.54) is 28.6 Å². The number of halogens is 1. The first-order chi connectivity index (χ1) is 8.97. The molecule has 0 aromatic heterocycles. The second kappa shape index (κ2) is 5.66. The molecule has 1 N–H and O–H groups in total. The Bertz CT molecular complexity index is 557. The van der Waals surface area contributed by atoms with Gasteiger partial charge in [-0.05, 0) is 37.1 Å². The molecule has 1 amide bonds. The number of amides is 1. The van der Waals surface area contributed by atoms with Gasteiger partial charge in [0.15, 0.2) is 0 Å². The molecule has 0 bridgehead atoms. The van der Waals surface area contributed by atoms with Crippen molar-refractivity contribution in [3.63, 3.8) is 0 Å². The summed E-state index contributed by atoms with van der Waals surface area (Å²) < 4.78 is 37.3. The Kier molecular flexibility index (Phi) is 4.16. The SMILES string of the molecule is O=C(CN1CCCCS1(=O)=O)Nc1ccc(F)cc1. The minimum absolute atomic E-state index is 0.0941. The maximum atomic E-state index is 12.7. The molecule has 0 aliphatic carbocycles. The second-order valence-electron chi connectivity index (χ2n) is 4.41. The van der Waals surface area contributed by atoms with Crippen LogP contribution in [0.4, 0.5) is 10.1 Å². The van der Waals surface area contributed by atoms with Crippen LogP contribution >= 0.6 is 0 Å². The molecule has 0 saturated carbocycles. The molecule has 5 nitrogen and oxygen atoms in total. The third-order valence-electron chi connectivity index (χ3n) is 2.90. The van der Waals surface area contributed by atoms with E-state index in [0.717, 1.165) is 6.42 Å². The summed E-state index contributed by atoms with van der Waals surface area (Å²) >= 11 is 0. The fraction of sp³-hybridized carbons (Fsp3) is 0.417. The predicted octanol–water partition coefficient (Wildman–Crippen LogP) is 1.19. The normalized spacial score (nSPS) is 19.0. The van der Waals surface area contributed by atoms with Crippen LogP contribution in [0, 0.1) is 5.82 Å². The zero-order valence-corrected chi connectivity index (χ0v) is 11.1. The standard InChI is InChI=1S/C12H15FN2O3S/c13-10-3-5-11(6-4-10)14-12(16)9-15-7-1-2-8-19(15,17)18/h3-6H,1-2,7-9H2,(H,14,16). The van der Waals surface area contributed by atoms with Gasteiger partial charge in [-0.15, -0.1) is 0 Å². The van der Waals surface area contributed by atoms with Crippen LogP contribution in [0.1, 0.15) is 12.8 Å². The van der Waals surface area contributed by atoms with Gasteiger partial charge in [0.25, 0.3) is 0 Å². The number of hydrogen-bond acceptors (Lipinski definition) is 3. The van der Waals surface area contributed by atoms with Crippen LogP contribution in [0.5, 0.6) is 0 Å². The molecule has 1 saturated heterocycles. The molecular formula is C12H15FN2O3S. The number of nitrogens with one attached hydrogen (secondary N) is 1. The number of anilines is 1. The van der Waals surface area contributed by atoms with Crippen molar-refractivity contribution in [1.29, 1.82) is 0 Å². The summed E-state index contributed by atoms with van der Waals surface area (Å²) in [4.78, 5) is 11.7. The molecule has 1 heterocycles. The molecule has 7 heteroatoms. The van der Waals surface area contributed by atoms with Gasteiger partial charge < -0.3 is 5.32 Å². The highest BCUT2D eigenvalue weighted by Gasteiger charge is 2.27. The van der Waals surface area contributed by atoms with Gasteiger partial charge in [0.05, 0.1) is 12.3 Å². The lowest BCUT2D eigenvalue weighted by Gasteiger charge is -2.25. The van der Waals surface area contributed by atoms with Crippen molar-refractivity contribution in [2.45, 2.75) is 12.8 Å². The van der Waals surface area contributed by atoms with Gasteiger partial charge in [-0.25, -0.2) is 12.8 Å². The lowest BCUT2D eigenvalue weighted by Crippen LogP contribution is -2.42. The van der Waals surface area contributed by atoms with E-state index in [1.54, 1.807) is 0 Å². The number of carbonyl (C=O) groups is 1. The molecule has 2 rings (SSSR count).